The highest BCUT2D eigenvalue weighted by Crippen LogP contribution is 2.34. The van der Waals surface area contributed by atoms with E-state index in [9.17, 15) is 0 Å². The van der Waals surface area contributed by atoms with Crippen LogP contribution in [0.15, 0.2) is 18.2 Å². The molecule has 3 nitrogen and oxygen atoms in total. The molecular weight excluding hydrogens is 260 g/mol. The molecule has 1 aromatic rings. The molecule has 0 atom stereocenters. The summed E-state index contributed by atoms with van der Waals surface area (Å²) in [7, 11) is 1.93. The van der Waals surface area contributed by atoms with Gasteiger partial charge in [-0.2, -0.15) is 0 Å². The van der Waals surface area contributed by atoms with E-state index in [1.165, 1.54) is 24.8 Å². The number of benzene rings is 1. The van der Waals surface area contributed by atoms with Gasteiger partial charge in [-0.05, 0) is 50.4 Å². The SMILES string of the molecule is CNCc1ccc(N(CCCO)C2CCC2)c(Cl)c1. The average molecular weight is 283 g/mol. The molecule has 0 aliphatic heterocycles. The molecule has 1 aliphatic carbocycles. The van der Waals surface area contributed by atoms with E-state index in [2.05, 4.69) is 22.3 Å². The van der Waals surface area contributed by atoms with Crippen molar-refractivity contribution in [3.8, 4) is 0 Å². The minimum absolute atomic E-state index is 0.235. The first-order valence-electron chi connectivity index (χ1n) is 7.06. The van der Waals surface area contributed by atoms with Crippen LogP contribution >= 0.6 is 11.6 Å². The molecule has 0 saturated heterocycles. The molecule has 1 aliphatic rings. The summed E-state index contributed by atoms with van der Waals surface area (Å²) in [6, 6.07) is 6.88. The van der Waals surface area contributed by atoms with Crippen LogP contribution in [0.2, 0.25) is 5.02 Å². The first-order valence-corrected chi connectivity index (χ1v) is 7.44. The zero-order chi connectivity index (χ0) is 13.7. The van der Waals surface area contributed by atoms with Gasteiger partial charge in [0.05, 0.1) is 10.7 Å². The van der Waals surface area contributed by atoms with Gasteiger partial charge >= 0.3 is 0 Å². The number of nitrogens with zero attached hydrogens (tertiary/aromatic N) is 1. The first-order chi connectivity index (χ1) is 9.26. The van der Waals surface area contributed by atoms with E-state index in [0.717, 1.165) is 30.2 Å². The molecule has 4 heteroatoms. The summed E-state index contributed by atoms with van der Waals surface area (Å²) < 4.78 is 0. The number of aliphatic hydroxyl groups is 1. The van der Waals surface area contributed by atoms with Gasteiger partial charge in [0.2, 0.25) is 0 Å². The zero-order valence-corrected chi connectivity index (χ0v) is 12.3. The molecule has 0 spiro atoms. The lowest BCUT2D eigenvalue weighted by Crippen LogP contribution is -2.41. The predicted octanol–water partition coefficient (Wildman–Crippen LogP) is 2.80. The number of aliphatic hydroxyl groups excluding tert-OH is 1. The fourth-order valence-corrected chi connectivity index (χ4v) is 2.85. The van der Waals surface area contributed by atoms with E-state index in [4.69, 9.17) is 16.7 Å². The lowest BCUT2D eigenvalue weighted by molar-refractivity contribution is 0.283. The number of rotatable bonds is 7. The molecule has 2 rings (SSSR count). The lowest BCUT2D eigenvalue weighted by Gasteiger charge is -2.39. The molecule has 0 unspecified atom stereocenters. The van der Waals surface area contributed by atoms with Crippen LogP contribution in [0.1, 0.15) is 31.2 Å². The Morgan fingerprint density at radius 2 is 2.21 bits per heavy atom. The van der Waals surface area contributed by atoms with Crippen molar-refractivity contribution in [3.63, 3.8) is 0 Å². The van der Waals surface area contributed by atoms with Crippen molar-refractivity contribution in [3.05, 3.63) is 28.8 Å². The summed E-state index contributed by atoms with van der Waals surface area (Å²) >= 11 is 6.43. The van der Waals surface area contributed by atoms with Gasteiger partial charge in [-0.1, -0.05) is 17.7 Å². The van der Waals surface area contributed by atoms with Crippen molar-refractivity contribution in [1.82, 2.24) is 5.32 Å². The van der Waals surface area contributed by atoms with Gasteiger partial charge in [0.15, 0.2) is 0 Å². The fraction of sp³-hybridized carbons (Fsp3) is 0.600. The van der Waals surface area contributed by atoms with Gasteiger partial charge < -0.3 is 15.3 Å². The molecule has 0 aromatic heterocycles. The van der Waals surface area contributed by atoms with Crippen LogP contribution in [-0.4, -0.2) is 31.3 Å². The predicted molar refractivity (Wildman–Crippen MR) is 80.9 cm³/mol. The van der Waals surface area contributed by atoms with Crippen molar-refractivity contribution in [2.75, 3.05) is 25.1 Å². The van der Waals surface area contributed by atoms with E-state index >= 15 is 0 Å². The smallest absolute Gasteiger partial charge is 0.0642 e. The zero-order valence-electron chi connectivity index (χ0n) is 11.5. The second-order valence-corrected chi connectivity index (χ2v) is 5.58. The number of nitrogens with one attached hydrogen (secondary N) is 1. The molecule has 0 amide bonds. The minimum atomic E-state index is 0.235. The molecule has 1 fully saturated rings. The van der Waals surface area contributed by atoms with Crippen LogP contribution in [0.5, 0.6) is 0 Å². The van der Waals surface area contributed by atoms with Crippen LogP contribution < -0.4 is 10.2 Å². The third-order valence-corrected chi connectivity index (χ3v) is 4.08. The largest absolute Gasteiger partial charge is 0.396 e. The van der Waals surface area contributed by atoms with Crippen molar-refractivity contribution in [2.45, 2.75) is 38.3 Å². The number of halogens is 1. The molecule has 106 valence electrons. The van der Waals surface area contributed by atoms with Crippen molar-refractivity contribution in [1.29, 1.82) is 0 Å². The third kappa shape index (κ3) is 3.62. The summed E-state index contributed by atoms with van der Waals surface area (Å²) in [6.07, 6.45) is 4.57. The number of anilines is 1. The lowest BCUT2D eigenvalue weighted by atomic mass is 9.90. The van der Waals surface area contributed by atoms with Gasteiger partial charge in [0.25, 0.3) is 0 Å². The molecular formula is C15H23ClN2O. The van der Waals surface area contributed by atoms with Crippen LogP contribution in [-0.2, 0) is 6.54 Å². The Hall–Kier alpha value is -0.770. The summed E-state index contributed by atoms with van der Waals surface area (Å²) in [5.41, 5.74) is 2.31. The maximum Gasteiger partial charge on any atom is 0.0642 e. The molecule has 1 aromatic carbocycles. The maximum absolute atomic E-state index is 9.05. The van der Waals surface area contributed by atoms with Crippen molar-refractivity contribution >= 4 is 17.3 Å². The standard InChI is InChI=1S/C15H23ClN2O/c1-17-11-12-6-7-15(14(16)10-12)18(8-3-9-19)13-4-2-5-13/h6-7,10,13,17,19H,2-5,8-9,11H2,1H3. The molecule has 2 N–H and O–H groups in total. The summed E-state index contributed by atoms with van der Waals surface area (Å²) in [5, 5.41) is 13.0. The van der Waals surface area contributed by atoms with Gasteiger partial charge in [-0.15, -0.1) is 0 Å². The van der Waals surface area contributed by atoms with E-state index in [1.807, 2.05) is 13.1 Å². The van der Waals surface area contributed by atoms with Crippen LogP contribution in [0.3, 0.4) is 0 Å². The highest BCUT2D eigenvalue weighted by Gasteiger charge is 2.26. The summed E-state index contributed by atoms with van der Waals surface area (Å²) in [5.74, 6) is 0. The highest BCUT2D eigenvalue weighted by atomic mass is 35.5. The van der Waals surface area contributed by atoms with Gasteiger partial charge in [0.1, 0.15) is 0 Å². The molecule has 0 bridgehead atoms. The van der Waals surface area contributed by atoms with Crippen LogP contribution in [0.25, 0.3) is 0 Å². The summed E-state index contributed by atoms with van der Waals surface area (Å²) in [6.45, 7) is 1.95. The third-order valence-electron chi connectivity index (χ3n) is 3.78. The average Bonchev–Trinajstić information content (AvgIpc) is 2.33. The highest BCUT2D eigenvalue weighted by molar-refractivity contribution is 6.33. The van der Waals surface area contributed by atoms with E-state index in [-0.39, 0.29) is 6.61 Å². The van der Waals surface area contributed by atoms with Gasteiger partial charge in [0, 0.05) is 25.7 Å². The maximum atomic E-state index is 9.05. The Kier molecular flexibility index (Phi) is 5.49. The molecule has 0 radical (unpaired) electrons. The Bertz CT molecular complexity index is 407. The van der Waals surface area contributed by atoms with Crippen molar-refractivity contribution < 1.29 is 5.11 Å². The molecule has 19 heavy (non-hydrogen) atoms. The van der Waals surface area contributed by atoms with Crippen molar-refractivity contribution in [2.24, 2.45) is 0 Å². The quantitative estimate of drug-likeness (QED) is 0.807. The number of hydrogen-bond acceptors (Lipinski definition) is 3. The van der Waals surface area contributed by atoms with E-state index in [1.54, 1.807) is 0 Å². The minimum Gasteiger partial charge on any atom is -0.396 e. The Labute approximate surface area is 120 Å². The van der Waals surface area contributed by atoms with E-state index in [0.29, 0.717) is 6.04 Å². The fourth-order valence-electron chi connectivity index (χ4n) is 2.54. The monoisotopic (exact) mass is 282 g/mol. The van der Waals surface area contributed by atoms with Gasteiger partial charge in [-0.25, -0.2) is 0 Å². The van der Waals surface area contributed by atoms with E-state index < -0.39 is 0 Å². The molecule has 1 saturated carbocycles. The van der Waals surface area contributed by atoms with Crippen LogP contribution in [0.4, 0.5) is 5.69 Å². The Morgan fingerprint density at radius 1 is 1.42 bits per heavy atom. The second-order valence-electron chi connectivity index (χ2n) is 5.17. The topological polar surface area (TPSA) is 35.5 Å². The summed E-state index contributed by atoms with van der Waals surface area (Å²) in [4.78, 5) is 2.37. The first kappa shape index (κ1) is 14.6. The van der Waals surface area contributed by atoms with Crippen LogP contribution in [0, 0.1) is 0 Å². The van der Waals surface area contributed by atoms with Gasteiger partial charge in [-0.3, -0.25) is 0 Å². The number of hydrogen-bond donors (Lipinski definition) is 2. The molecule has 0 heterocycles. The second kappa shape index (κ2) is 7.13. The Balaban J connectivity index is 2.15. The Morgan fingerprint density at radius 3 is 2.74 bits per heavy atom. The normalized spacial score (nSPS) is 15.3.